The summed E-state index contributed by atoms with van der Waals surface area (Å²) in [6.45, 7) is 5.96. The molecule has 0 atom stereocenters. The van der Waals surface area contributed by atoms with Gasteiger partial charge in [-0.15, -0.1) is 0 Å². The largest absolute Gasteiger partial charge is 0.311 e. The van der Waals surface area contributed by atoms with Gasteiger partial charge in [-0.3, -0.25) is 4.79 Å². The highest BCUT2D eigenvalue weighted by molar-refractivity contribution is 7.89. The average Bonchev–Trinajstić information content (AvgIpc) is 2.58. The molecule has 7 heteroatoms. The molecule has 26 heavy (non-hydrogen) atoms. The Balaban J connectivity index is 2.07. The number of benzene rings is 2. The molecule has 0 fully saturated rings. The fourth-order valence-corrected chi connectivity index (χ4v) is 4.08. The predicted octanol–water partition coefficient (Wildman–Crippen LogP) is 3.79. The van der Waals surface area contributed by atoms with E-state index in [0.29, 0.717) is 5.92 Å². The fourth-order valence-electron chi connectivity index (χ4n) is 2.54. The van der Waals surface area contributed by atoms with Crippen LogP contribution in [0.25, 0.3) is 0 Å². The van der Waals surface area contributed by atoms with Crippen LogP contribution in [0, 0.1) is 0 Å². The normalized spacial score (nSPS) is 11.6. The molecule has 0 unspecified atom stereocenters. The van der Waals surface area contributed by atoms with E-state index in [-0.39, 0.29) is 28.9 Å². The number of sulfonamides is 1. The van der Waals surface area contributed by atoms with Crippen LogP contribution in [0.5, 0.6) is 0 Å². The Morgan fingerprint density at radius 2 is 1.73 bits per heavy atom. The smallest absolute Gasteiger partial charge is 0.242 e. The number of nitrogens with one attached hydrogen (secondary N) is 1. The topological polar surface area (TPSA) is 66.5 Å². The van der Waals surface area contributed by atoms with E-state index >= 15 is 0 Å². The van der Waals surface area contributed by atoms with Crippen LogP contribution in [-0.4, -0.2) is 27.4 Å². The monoisotopic (exact) mass is 394 g/mol. The maximum atomic E-state index is 12.4. The molecule has 0 aliphatic rings. The van der Waals surface area contributed by atoms with Gasteiger partial charge in [-0.05, 0) is 35.7 Å². The second-order valence-electron chi connectivity index (χ2n) is 6.25. The predicted molar refractivity (Wildman–Crippen MR) is 105 cm³/mol. The van der Waals surface area contributed by atoms with Crippen molar-refractivity contribution in [3.05, 3.63) is 59.1 Å². The second kappa shape index (κ2) is 8.66. The Morgan fingerprint density at radius 3 is 2.27 bits per heavy atom. The Kier molecular flexibility index (Phi) is 6.81. The first-order valence-corrected chi connectivity index (χ1v) is 10.2. The van der Waals surface area contributed by atoms with Gasteiger partial charge in [0.2, 0.25) is 15.9 Å². The SMILES string of the molecule is CC(=O)N(CCNS(=O)(=O)c1ccccc1Cl)c1ccc(C(C)C)cc1. The molecule has 1 N–H and O–H groups in total. The molecule has 1 amide bonds. The second-order valence-corrected chi connectivity index (χ2v) is 8.39. The average molecular weight is 395 g/mol. The quantitative estimate of drug-likeness (QED) is 0.776. The summed E-state index contributed by atoms with van der Waals surface area (Å²) in [5.74, 6) is 0.247. The summed E-state index contributed by atoms with van der Waals surface area (Å²) in [5, 5.41) is 0.160. The van der Waals surface area contributed by atoms with Gasteiger partial charge in [0.15, 0.2) is 0 Å². The molecule has 0 bridgehead atoms. The first-order chi connectivity index (χ1) is 12.2. The van der Waals surface area contributed by atoms with Gasteiger partial charge in [0.25, 0.3) is 0 Å². The molecule has 0 spiro atoms. The van der Waals surface area contributed by atoms with Gasteiger partial charge in [0.1, 0.15) is 4.90 Å². The molecule has 0 radical (unpaired) electrons. The molecule has 5 nitrogen and oxygen atoms in total. The number of halogens is 1. The van der Waals surface area contributed by atoms with Crippen molar-refractivity contribution < 1.29 is 13.2 Å². The minimum atomic E-state index is -3.73. The molecule has 0 saturated carbocycles. The maximum Gasteiger partial charge on any atom is 0.242 e. The van der Waals surface area contributed by atoms with Gasteiger partial charge >= 0.3 is 0 Å². The van der Waals surface area contributed by atoms with Crippen LogP contribution in [0.2, 0.25) is 5.02 Å². The van der Waals surface area contributed by atoms with Gasteiger partial charge in [0, 0.05) is 25.7 Å². The van der Waals surface area contributed by atoms with Gasteiger partial charge in [-0.1, -0.05) is 49.7 Å². The third-order valence-corrected chi connectivity index (χ3v) is 5.97. The van der Waals surface area contributed by atoms with E-state index in [1.54, 1.807) is 17.0 Å². The number of rotatable bonds is 7. The number of hydrogen-bond acceptors (Lipinski definition) is 3. The van der Waals surface area contributed by atoms with E-state index in [1.165, 1.54) is 24.6 Å². The fraction of sp³-hybridized carbons (Fsp3) is 0.316. The van der Waals surface area contributed by atoms with Crippen LogP contribution in [-0.2, 0) is 14.8 Å². The van der Waals surface area contributed by atoms with Crippen molar-refractivity contribution in [2.24, 2.45) is 0 Å². The van der Waals surface area contributed by atoms with E-state index in [1.807, 2.05) is 24.3 Å². The highest BCUT2D eigenvalue weighted by Gasteiger charge is 2.18. The van der Waals surface area contributed by atoms with Crippen LogP contribution in [0.3, 0.4) is 0 Å². The molecule has 140 valence electrons. The number of hydrogen-bond donors (Lipinski definition) is 1. The van der Waals surface area contributed by atoms with E-state index in [9.17, 15) is 13.2 Å². The zero-order valence-electron chi connectivity index (χ0n) is 15.1. The molecule has 0 aliphatic heterocycles. The van der Waals surface area contributed by atoms with E-state index in [2.05, 4.69) is 18.6 Å². The molecule has 2 aromatic carbocycles. The van der Waals surface area contributed by atoms with Crippen molar-refractivity contribution in [2.45, 2.75) is 31.6 Å². The van der Waals surface area contributed by atoms with Crippen molar-refractivity contribution in [3.8, 4) is 0 Å². The summed E-state index contributed by atoms with van der Waals surface area (Å²) >= 11 is 5.95. The molecule has 0 aromatic heterocycles. The first kappa shape index (κ1) is 20.4. The van der Waals surface area contributed by atoms with Crippen LogP contribution in [0.4, 0.5) is 5.69 Å². The van der Waals surface area contributed by atoms with Gasteiger partial charge in [-0.2, -0.15) is 0 Å². The number of carbonyl (C=O) groups excluding carboxylic acids is 1. The zero-order valence-corrected chi connectivity index (χ0v) is 16.6. The molecule has 0 aliphatic carbocycles. The third kappa shape index (κ3) is 5.06. The van der Waals surface area contributed by atoms with Crippen molar-refractivity contribution in [1.29, 1.82) is 0 Å². The number of anilines is 1. The van der Waals surface area contributed by atoms with Gasteiger partial charge in [-0.25, -0.2) is 13.1 Å². The third-order valence-electron chi connectivity index (χ3n) is 4.01. The lowest BCUT2D eigenvalue weighted by atomic mass is 10.0. The number of amides is 1. The van der Waals surface area contributed by atoms with Crippen molar-refractivity contribution in [3.63, 3.8) is 0 Å². The van der Waals surface area contributed by atoms with E-state index in [0.717, 1.165) is 5.69 Å². The number of carbonyl (C=O) groups is 1. The minimum absolute atomic E-state index is 0.0253. The van der Waals surface area contributed by atoms with Crippen LogP contribution < -0.4 is 9.62 Å². The highest BCUT2D eigenvalue weighted by atomic mass is 35.5. The first-order valence-electron chi connectivity index (χ1n) is 8.34. The maximum absolute atomic E-state index is 12.4. The summed E-state index contributed by atoms with van der Waals surface area (Å²) < 4.78 is 27.2. The lowest BCUT2D eigenvalue weighted by Crippen LogP contribution is -2.37. The minimum Gasteiger partial charge on any atom is -0.311 e. The summed E-state index contributed by atoms with van der Waals surface area (Å²) in [7, 11) is -3.73. The Hall–Kier alpha value is -1.89. The van der Waals surface area contributed by atoms with Gasteiger partial charge < -0.3 is 4.90 Å². The van der Waals surface area contributed by atoms with Crippen molar-refractivity contribution >= 4 is 33.2 Å². The molecular formula is C19H23ClN2O3S. The summed E-state index contributed by atoms with van der Waals surface area (Å²) in [6, 6.07) is 13.9. The van der Waals surface area contributed by atoms with Crippen LogP contribution >= 0.6 is 11.6 Å². The van der Waals surface area contributed by atoms with Gasteiger partial charge in [0.05, 0.1) is 5.02 Å². The summed E-state index contributed by atoms with van der Waals surface area (Å²) in [4.78, 5) is 13.5. The Bertz CT molecular complexity index is 865. The van der Waals surface area contributed by atoms with Crippen molar-refractivity contribution in [1.82, 2.24) is 4.72 Å². The number of nitrogens with zero attached hydrogens (tertiary/aromatic N) is 1. The summed E-state index contributed by atoms with van der Waals surface area (Å²) in [6.07, 6.45) is 0. The Labute approximate surface area is 160 Å². The van der Waals surface area contributed by atoms with Crippen molar-refractivity contribution in [2.75, 3.05) is 18.0 Å². The molecular weight excluding hydrogens is 372 g/mol. The highest BCUT2D eigenvalue weighted by Crippen LogP contribution is 2.21. The molecule has 2 rings (SSSR count). The zero-order chi connectivity index (χ0) is 19.3. The van der Waals surface area contributed by atoms with Crippen LogP contribution in [0.15, 0.2) is 53.4 Å². The van der Waals surface area contributed by atoms with E-state index < -0.39 is 10.0 Å². The van der Waals surface area contributed by atoms with E-state index in [4.69, 9.17) is 11.6 Å². The van der Waals surface area contributed by atoms with Crippen LogP contribution in [0.1, 0.15) is 32.3 Å². The molecule has 2 aromatic rings. The molecule has 0 heterocycles. The standard InChI is InChI=1S/C19H23ClN2O3S/c1-14(2)16-8-10-17(11-9-16)22(15(3)23)13-12-21-26(24,25)19-7-5-4-6-18(19)20/h4-11,14,21H,12-13H2,1-3H3. The summed E-state index contributed by atoms with van der Waals surface area (Å²) in [5.41, 5.74) is 1.91. The lowest BCUT2D eigenvalue weighted by molar-refractivity contribution is -0.116. The molecule has 0 saturated heterocycles. The lowest BCUT2D eigenvalue weighted by Gasteiger charge is -2.22. The Morgan fingerprint density at radius 1 is 1.12 bits per heavy atom.